The molecule has 2 heterocycles. The molecule has 0 amide bonds. The first kappa shape index (κ1) is 23.1. The molecule has 30 heavy (non-hydrogen) atoms. The summed E-state index contributed by atoms with van der Waals surface area (Å²) in [6, 6.07) is 10.2. The summed E-state index contributed by atoms with van der Waals surface area (Å²) in [6.45, 7) is 0. The van der Waals surface area contributed by atoms with Gasteiger partial charge in [0.2, 0.25) is 0 Å². The number of aromatic nitrogens is 1. The van der Waals surface area contributed by atoms with Gasteiger partial charge in [-0.25, -0.2) is 9.19 Å². The number of thiazole rings is 1. The zero-order chi connectivity index (χ0) is 21.7. The predicted molar refractivity (Wildman–Crippen MR) is 121 cm³/mol. The highest BCUT2D eigenvalue weighted by Gasteiger charge is 2.29. The molecule has 0 saturated carbocycles. The highest BCUT2D eigenvalue weighted by Crippen LogP contribution is 2.33. The molecular formula is C18H18F3N3O2S4. The largest absolute Gasteiger partial charge is 0.398 e. The topological polar surface area (TPSA) is 74.2 Å². The molecule has 3 N–H and O–H groups in total. The lowest BCUT2D eigenvalue weighted by Crippen LogP contribution is -2.24. The van der Waals surface area contributed by atoms with Crippen molar-refractivity contribution < 1.29 is 21.9 Å². The fraction of sp³-hybridized carbons (Fsp3) is 0.222. The van der Waals surface area contributed by atoms with Crippen molar-refractivity contribution in [2.75, 3.05) is 10.5 Å². The second-order valence-electron chi connectivity index (χ2n) is 6.23. The Morgan fingerprint density at radius 3 is 2.53 bits per heavy atom. The number of hydrogen-bond donors (Lipinski definition) is 3. The number of anilines is 1. The summed E-state index contributed by atoms with van der Waals surface area (Å²) in [5, 5.41) is 4.61. The smallest absolute Gasteiger partial charge is 0.289 e. The van der Waals surface area contributed by atoms with E-state index in [0.29, 0.717) is 17.8 Å². The van der Waals surface area contributed by atoms with Crippen LogP contribution in [-0.2, 0) is 17.7 Å². The van der Waals surface area contributed by atoms with Crippen molar-refractivity contribution in [2.24, 2.45) is 0 Å². The number of benzene rings is 1. The number of halogens is 3. The quantitative estimate of drug-likeness (QED) is 0.273. The van der Waals surface area contributed by atoms with Crippen molar-refractivity contribution >= 4 is 56.2 Å². The van der Waals surface area contributed by atoms with Gasteiger partial charge >= 0.3 is 6.18 Å². The van der Waals surface area contributed by atoms with Crippen LogP contribution in [0.15, 0.2) is 47.2 Å². The van der Waals surface area contributed by atoms with Gasteiger partial charge in [-0.2, -0.15) is 13.2 Å². The Labute approximate surface area is 184 Å². The Balaban J connectivity index is 1.80. The molecule has 0 aliphatic rings. The molecule has 3 aromatic rings. The minimum absolute atomic E-state index is 0.396. The van der Waals surface area contributed by atoms with Gasteiger partial charge in [0.25, 0.3) is 11.3 Å². The highest BCUT2D eigenvalue weighted by molar-refractivity contribution is 8.12. The van der Waals surface area contributed by atoms with Crippen LogP contribution in [-0.4, -0.2) is 31.5 Å². The van der Waals surface area contributed by atoms with E-state index in [1.54, 1.807) is 35.6 Å². The Hall–Kier alpha value is -1.57. The molecule has 0 radical (unpaired) electrons. The molecular weight excluding hydrogens is 475 g/mol. The molecule has 0 bridgehead atoms. The molecule has 2 unspecified atom stereocenters. The van der Waals surface area contributed by atoms with Gasteiger partial charge in [-0.15, -0.1) is 33.3 Å². The molecule has 2 aromatic heterocycles. The summed E-state index contributed by atoms with van der Waals surface area (Å²) < 4.78 is 63.4. The highest BCUT2D eigenvalue weighted by atomic mass is 32.2. The summed E-state index contributed by atoms with van der Waals surface area (Å²) in [7, 11) is -1.33. The van der Waals surface area contributed by atoms with Crippen molar-refractivity contribution in [1.82, 2.24) is 9.71 Å². The van der Waals surface area contributed by atoms with E-state index in [1.165, 1.54) is 11.3 Å². The van der Waals surface area contributed by atoms with Gasteiger partial charge in [-0.05, 0) is 35.6 Å². The van der Waals surface area contributed by atoms with Crippen LogP contribution in [0.5, 0.6) is 0 Å². The Morgan fingerprint density at radius 2 is 1.93 bits per heavy atom. The number of nitrogens with zero attached hydrogens (tertiary/aromatic N) is 1. The lowest BCUT2D eigenvalue weighted by molar-refractivity contribution is -0.105. The van der Waals surface area contributed by atoms with E-state index >= 15 is 0 Å². The zero-order valence-electron chi connectivity index (χ0n) is 15.4. The van der Waals surface area contributed by atoms with Crippen LogP contribution >= 0.6 is 33.3 Å². The molecule has 12 heteroatoms. The molecule has 0 saturated heterocycles. The van der Waals surface area contributed by atoms with Gasteiger partial charge in [-0.1, -0.05) is 24.1 Å². The van der Waals surface area contributed by atoms with Crippen LogP contribution in [0.2, 0.25) is 0 Å². The molecule has 3 atom stereocenters. The van der Waals surface area contributed by atoms with Gasteiger partial charge in [0, 0.05) is 11.1 Å². The van der Waals surface area contributed by atoms with Crippen molar-refractivity contribution in [1.29, 1.82) is 0 Å². The maximum Gasteiger partial charge on any atom is 0.398 e. The Morgan fingerprint density at radius 1 is 1.20 bits per heavy atom. The monoisotopic (exact) mass is 493 g/mol. The first-order valence-electron chi connectivity index (χ1n) is 8.49. The van der Waals surface area contributed by atoms with Crippen LogP contribution in [0.3, 0.4) is 0 Å². The van der Waals surface area contributed by atoms with E-state index < -0.39 is 39.9 Å². The number of thiophene rings is 1. The third-order valence-electron chi connectivity index (χ3n) is 3.86. The molecule has 162 valence electrons. The molecule has 0 aliphatic carbocycles. The Kier molecular flexibility index (Phi) is 7.82. The minimum Gasteiger partial charge on any atom is -0.289 e. The lowest BCUT2D eigenvalue weighted by atomic mass is 10.0. The normalized spacial score (nSPS) is 14.9. The van der Waals surface area contributed by atoms with Gasteiger partial charge in [-0.3, -0.25) is 14.0 Å². The van der Waals surface area contributed by atoms with E-state index in [0.717, 1.165) is 15.4 Å². The van der Waals surface area contributed by atoms with Crippen molar-refractivity contribution in [3.05, 3.63) is 58.4 Å². The first-order valence-corrected chi connectivity index (χ1v) is 12.9. The SMILES string of the molecule is C=S(CC(F)(F)F)N[C@@H](Cc1ccc(NS(=O)O)cc1)c1csc(-c2cccs2)n1. The minimum atomic E-state index is -4.31. The molecule has 1 aromatic carbocycles. The van der Waals surface area contributed by atoms with Gasteiger partial charge in [0.15, 0.2) is 0 Å². The average molecular weight is 494 g/mol. The van der Waals surface area contributed by atoms with Gasteiger partial charge in [0.1, 0.15) is 5.01 Å². The summed E-state index contributed by atoms with van der Waals surface area (Å²) >= 11 is 0.816. The van der Waals surface area contributed by atoms with E-state index in [4.69, 9.17) is 4.55 Å². The summed E-state index contributed by atoms with van der Waals surface area (Å²) in [5.41, 5.74) is 1.97. The molecule has 0 fully saturated rings. The molecule has 0 aliphatic heterocycles. The lowest BCUT2D eigenvalue weighted by Gasteiger charge is -2.20. The third kappa shape index (κ3) is 7.00. The van der Waals surface area contributed by atoms with Gasteiger partial charge < -0.3 is 0 Å². The average Bonchev–Trinajstić information content (AvgIpc) is 3.32. The van der Waals surface area contributed by atoms with Crippen LogP contribution < -0.4 is 9.44 Å². The second kappa shape index (κ2) is 10.2. The first-order chi connectivity index (χ1) is 14.2. The van der Waals surface area contributed by atoms with Crippen molar-refractivity contribution in [2.45, 2.75) is 18.6 Å². The fourth-order valence-corrected chi connectivity index (χ4v) is 5.76. The van der Waals surface area contributed by atoms with Crippen LogP contribution in [0.1, 0.15) is 17.3 Å². The standard InChI is InChI=1S/C18H18F3N3O2S4/c1-29(11-18(19,20)21)24-14(9-12-4-6-13(7-5-12)23-30(25)26)15-10-28-17(22-15)16-3-2-8-27-16/h2-8,10,14,23-24H,1,9,11H2,(H,25,26)/t14-,29?/m0/s1. The number of rotatable bonds is 9. The molecule has 0 spiro atoms. The van der Waals surface area contributed by atoms with Crippen LogP contribution in [0, 0.1) is 0 Å². The third-order valence-corrected chi connectivity index (χ3v) is 7.46. The predicted octanol–water partition coefficient (Wildman–Crippen LogP) is 5.47. The molecule has 5 nitrogen and oxygen atoms in total. The number of alkyl halides is 3. The van der Waals surface area contributed by atoms with Crippen LogP contribution in [0.25, 0.3) is 9.88 Å². The van der Waals surface area contributed by atoms with E-state index in [-0.39, 0.29) is 0 Å². The zero-order valence-corrected chi connectivity index (χ0v) is 18.7. The summed E-state index contributed by atoms with van der Waals surface area (Å²) in [4.78, 5) is 5.63. The van der Waals surface area contributed by atoms with Gasteiger partial charge in [0.05, 0.1) is 22.4 Å². The van der Waals surface area contributed by atoms with Crippen molar-refractivity contribution in [3.8, 4) is 9.88 Å². The van der Waals surface area contributed by atoms with E-state index in [9.17, 15) is 17.4 Å². The molecule has 3 rings (SSSR count). The maximum atomic E-state index is 12.8. The summed E-state index contributed by atoms with van der Waals surface area (Å²) in [6.07, 6.45) is -3.91. The maximum absolute atomic E-state index is 12.8. The summed E-state index contributed by atoms with van der Waals surface area (Å²) in [5.74, 6) is 2.62. The Bertz CT molecular complexity index is 1000. The number of hydrogen-bond acceptors (Lipinski definition) is 5. The van der Waals surface area contributed by atoms with Crippen LogP contribution in [0.4, 0.5) is 18.9 Å². The van der Waals surface area contributed by atoms with E-state index in [2.05, 4.69) is 20.3 Å². The second-order valence-corrected chi connectivity index (χ2v) is 10.2. The fourth-order valence-electron chi connectivity index (χ4n) is 2.65. The number of nitrogens with one attached hydrogen (secondary N) is 2. The van der Waals surface area contributed by atoms with Crippen molar-refractivity contribution in [3.63, 3.8) is 0 Å². The van der Waals surface area contributed by atoms with E-state index in [1.807, 2.05) is 22.9 Å².